The van der Waals surface area contributed by atoms with Crippen LogP contribution in [0.3, 0.4) is 0 Å². The Morgan fingerprint density at radius 1 is 1.44 bits per heavy atom. The Labute approximate surface area is 91.1 Å². The van der Waals surface area contributed by atoms with E-state index < -0.39 is 0 Å². The van der Waals surface area contributed by atoms with Crippen LogP contribution in [0.5, 0.6) is 0 Å². The molecule has 0 radical (unpaired) electrons. The number of aromatic nitrogens is 1. The summed E-state index contributed by atoms with van der Waals surface area (Å²) in [6, 6.07) is 6.68. The fourth-order valence-corrected chi connectivity index (χ4v) is 1.55. The van der Waals surface area contributed by atoms with Crippen molar-refractivity contribution in [2.45, 2.75) is 6.92 Å². The maximum atomic E-state index is 11.8. The van der Waals surface area contributed by atoms with Crippen molar-refractivity contribution in [3.63, 3.8) is 0 Å². The Morgan fingerprint density at radius 2 is 2.19 bits per heavy atom. The van der Waals surface area contributed by atoms with Crippen molar-refractivity contribution in [1.82, 2.24) is 4.98 Å². The molecule has 2 rings (SSSR count). The van der Waals surface area contributed by atoms with E-state index >= 15 is 0 Å². The van der Waals surface area contributed by atoms with Gasteiger partial charge in [-0.25, -0.2) is 0 Å². The van der Waals surface area contributed by atoms with E-state index in [0.29, 0.717) is 16.5 Å². The SMILES string of the molecule is CC(=O)c1c[nH]c2cc(C#N)ccc2c1=O. The molecule has 1 aromatic heterocycles. The lowest BCUT2D eigenvalue weighted by molar-refractivity contribution is 0.101. The molecule has 0 aliphatic rings. The molecule has 1 heterocycles. The van der Waals surface area contributed by atoms with Gasteiger partial charge in [-0.1, -0.05) is 0 Å². The molecule has 0 saturated carbocycles. The van der Waals surface area contributed by atoms with E-state index in [1.165, 1.54) is 13.1 Å². The molecule has 0 fully saturated rings. The second kappa shape index (κ2) is 3.63. The van der Waals surface area contributed by atoms with Crippen LogP contribution >= 0.6 is 0 Å². The Kier molecular flexibility index (Phi) is 2.29. The maximum Gasteiger partial charge on any atom is 0.200 e. The van der Waals surface area contributed by atoms with Crippen molar-refractivity contribution < 1.29 is 4.79 Å². The molecule has 4 nitrogen and oxygen atoms in total. The number of hydrogen-bond donors (Lipinski definition) is 1. The van der Waals surface area contributed by atoms with E-state index in [4.69, 9.17) is 5.26 Å². The van der Waals surface area contributed by atoms with Crippen molar-refractivity contribution in [1.29, 1.82) is 5.26 Å². The number of Topliss-reactive ketones (excluding diaryl/α,β-unsaturated/α-hetero) is 1. The summed E-state index contributed by atoms with van der Waals surface area (Å²) < 4.78 is 0. The molecule has 0 spiro atoms. The number of H-pyrrole nitrogens is 1. The van der Waals surface area contributed by atoms with Gasteiger partial charge < -0.3 is 4.98 Å². The normalized spacial score (nSPS) is 10.0. The second-order valence-electron chi connectivity index (χ2n) is 3.46. The van der Waals surface area contributed by atoms with Gasteiger partial charge in [0.2, 0.25) is 0 Å². The molecule has 1 N–H and O–H groups in total. The number of aromatic amines is 1. The number of ketones is 1. The van der Waals surface area contributed by atoms with Gasteiger partial charge in [0.25, 0.3) is 0 Å². The minimum atomic E-state index is -0.300. The third-order valence-electron chi connectivity index (χ3n) is 2.39. The van der Waals surface area contributed by atoms with Gasteiger partial charge in [-0.2, -0.15) is 5.26 Å². The Morgan fingerprint density at radius 3 is 2.81 bits per heavy atom. The van der Waals surface area contributed by atoms with Crippen LogP contribution in [0.2, 0.25) is 0 Å². The van der Waals surface area contributed by atoms with Gasteiger partial charge in [0.1, 0.15) is 0 Å². The van der Waals surface area contributed by atoms with E-state index in [0.717, 1.165) is 0 Å². The fraction of sp³-hybridized carbons (Fsp3) is 0.0833. The van der Waals surface area contributed by atoms with Gasteiger partial charge in [0, 0.05) is 11.6 Å². The van der Waals surface area contributed by atoms with Crippen molar-refractivity contribution in [2.24, 2.45) is 0 Å². The summed E-state index contributed by atoms with van der Waals surface area (Å²) >= 11 is 0. The van der Waals surface area contributed by atoms with E-state index in [9.17, 15) is 9.59 Å². The highest BCUT2D eigenvalue weighted by molar-refractivity contribution is 5.97. The summed E-state index contributed by atoms with van der Waals surface area (Å²) in [6.07, 6.45) is 1.38. The molecule has 78 valence electrons. The predicted molar refractivity (Wildman–Crippen MR) is 59.3 cm³/mol. The molecule has 0 aliphatic heterocycles. The Bertz CT molecular complexity index is 677. The Balaban J connectivity index is 2.83. The number of carbonyl (C=O) groups is 1. The largest absolute Gasteiger partial charge is 0.360 e. The lowest BCUT2D eigenvalue weighted by atomic mass is 10.1. The van der Waals surface area contributed by atoms with Crippen LogP contribution in [0.25, 0.3) is 10.9 Å². The highest BCUT2D eigenvalue weighted by atomic mass is 16.1. The second-order valence-corrected chi connectivity index (χ2v) is 3.46. The van der Waals surface area contributed by atoms with Crippen LogP contribution in [0, 0.1) is 11.3 Å². The van der Waals surface area contributed by atoms with Crippen LogP contribution in [-0.2, 0) is 0 Å². The number of fused-ring (bicyclic) bond motifs is 1. The number of nitrogens with zero attached hydrogens (tertiary/aromatic N) is 1. The van der Waals surface area contributed by atoms with E-state index in [2.05, 4.69) is 4.98 Å². The quantitative estimate of drug-likeness (QED) is 0.729. The lowest BCUT2D eigenvalue weighted by Gasteiger charge is -2.00. The van der Waals surface area contributed by atoms with Crippen LogP contribution in [-0.4, -0.2) is 10.8 Å². The molecule has 1 aromatic carbocycles. The summed E-state index contributed by atoms with van der Waals surface area (Å²) in [5, 5.41) is 9.14. The molecule has 0 atom stereocenters. The third kappa shape index (κ3) is 1.48. The molecular formula is C12H8N2O2. The predicted octanol–water partition coefficient (Wildman–Crippen LogP) is 1.60. The highest BCUT2D eigenvalue weighted by Crippen LogP contribution is 2.10. The average Bonchev–Trinajstić information content (AvgIpc) is 2.28. The van der Waals surface area contributed by atoms with Crippen molar-refractivity contribution in [3.05, 3.63) is 45.7 Å². The number of pyridine rings is 1. The monoisotopic (exact) mass is 212 g/mol. The summed E-state index contributed by atoms with van der Waals surface area (Å²) in [6.45, 7) is 1.35. The molecular weight excluding hydrogens is 204 g/mol. The van der Waals surface area contributed by atoms with Gasteiger partial charge in [-0.3, -0.25) is 9.59 Å². The van der Waals surface area contributed by atoms with E-state index in [1.807, 2.05) is 6.07 Å². The van der Waals surface area contributed by atoms with Gasteiger partial charge in [-0.05, 0) is 25.1 Å². The number of rotatable bonds is 1. The van der Waals surface area contributed by atoms with Crippen molar-refractivity contribution in [3.8, 4) is 6.07 Å². The van der Waals surface area contributed by atoms with Gasteiger partial charge in [0.05, 0.1) is 22.7 Å². The summed E-state index contributed by atoms with van der Waals surface area (Å²) in [5.74, 6) is -0.271. The first-order valence-corrected chi connectivity index (χ1v) is 4.70. The van der Waals surface area contributed by atoms with Crippen LogP contribution in [0.15, 0.2) is 29.2 Å². The first-order chi connectivity index (χ1) is 7.63. The molecule has 0 amide bonds. The van der Waals surface area contributed by atoms with E-state index in [-0.39, 0.29) is 16.8 Å². The van der Waals surface area contributed by atoms with Crippen molar-refractivity contribution >= 4 is 16.7 Å². The van der Waals surface area contributed by atoms with Crippen LogP contribution in [0.4, 0.5) is 0 Å². The minimum absolute atomic E-state index is 0.136. The zero-order chi connectivity index (χ0) is 11.7. The zero-order valence-corrected chi connectivity index (χ0v) is 8.57. The van der Waals surface area contributed by atoms with Crippen LogP contribution < -0.4 is 5.43 Å². The number of hydrogen-bond acceptors (Lipinski definition) is 3. The first-order valence-electron chi connectivity index (χ1n) is 4.70. The first kappa shape index (κ1) is 10.1. The molecule has 4 heteroatoms. The van der Waals surface area contributed by atoms with Crippen molar-refractivity contribution in [2.75, 3.05) is 0 Å². The molecule has 0 saturated heterocycles. The lowest BCUT2D eigenvalue weighted by Crippen LogP contribution is -2.13. The molecule has 16 heavy (non-hydrogen) atoms. The third-order valence-corrected chi connectivity index (χ3v) is 2.39. The Hall–Kier alpha value is -2.41. The van der Waals surface area contributed by atoms with Gasteiger partial charge in [0.15, 0.2) is 11.2 Å². The van der Waals surface area contributed by atoms with Gasteiger partial charge >= 0.3 is 0 Å². The topological polar surface area (TPSA) is 73.7 Å². The summed E-state index contributed by atoms with van der Waals surface area (Å²) in [5.41, 5.74) is 0.871. The number of benzene rings is 1. The smallest absolute Gasteiger partial charge is 0.200 e. The van der Waals surface area contributed by atoms with Gasteiger partial charge in [-0.15, -0.1) is 0 Å². The fourth-order valence-electron chi connectivity index (χ4n) is 1.55. The number of nitrogens with one attached hydrogen (secondary N) is 1. The molecule has 2 aromatic rings. The number of carbonyl (C=O) groups excluding carboxylic acids is 1. The molecule has 0 unspecified atom stereocenters. The zero-order valence-electron chi connectivity index (χ0n) is 8.57. The maximum absolute atomic E-state index is 11.8. The van der Waals surface area contributed by atoms with Crippen LogP contribution in [0.1, 0.15) is 22.8 Å². The standard InChI is InChI=1S/C12H8N2O2/c1-7(15)10-6-14-11-4-8(5-13)2-3-9(11)12(10)16/h2-4,6H,1H3,(H,14,16). The minimum Gasteiger partial charge on any atom is -0.360 e. The molecule has 0 bridgehead atoms. The average molecular weight is 212 g/mol. The molecule has 0 aliphatic carbocycles. The summed E-state index contributed by atoms with van der Waals surface area (Å²) in [7, 11) is 0. The number of nitriles is 1. The van der Waals surface area contributed by atoms with E-state index in [1.54, 1.807) is 18.2 Å². The summed E-state index contributed by atoms with van der Waals surface area (Å²) in [4.78, 5) is 25.9. The highest BCUT2D eigenvalue weighted by Gasteiger charge is 2.08.